The first-order chi connectivity index (χ1) is 10.2. The summed E-state index contributed by atoms with van der Waals surface area (Å²) < 4.78 is 0. The SMILES string of the molecule is Nc1nc(-c2ncccc2Cl)nc(C2CCCCCC2)n1. The van der Waals surface area contributed by atoms with E-state index in [1.807, 2.05) is 0 Å². The van der Waals surface area contributed by atoms with E-state index in [9.17, 15) is 0 Å². The molecule has 0 unspecified atom stereocenters. The van der Waals surface area contributed by atoms with Crippen LogP contribution in [0.25, 0.3) is 11.5 Å². The zero-order valence-corrected chi connectivity index (χ0v) is 12.6. The molecule has 2 heterocycles. The minimum Gasteiger partial charge on any atom is -0.368 e. The highest BCUT2D eigenvalue weighted by Gasteiger charge is 2.20. The average Bonchev–Trinajstić information content (AvgIpc) is 2.76. The topological polar surface area (TPSA) is 77.6 Å². The summed E-state index contributed by atoms with van der Waals surface area (Å²) in [5.74, 6) is 1.84. The number of hydrogen-bond donors (Lipinski definition) is 1. The zero-order valence-electron chi connectivity index (χ0n) is 11.8. The van der Waals surface area contributed by atoms with Crippen molar-refractivity contribution in [3.8, 4) is 11.5 Å². The predicted octanol–water partition coefficient (Wildman–Crippen LogP) is 3.61. The molecular formula is C15H18ClN5. The Morgan fingerprint density at radius 3 is 2.52 bits per heavy atom. The van der Waals surface area contributed by atoms with Crippen molar-refractivity contribution in [3.05, 3.63) is 29.2 Å². The number of pyridine rings is 1. The lowest BCUT2D eigenvalue weighted by molar-refractivity contribution is 0.559. The van der Waals surface area contributed by atoms with Crippen molar-refractivity contribution in [2.24, 2.45) is 0 Å². The number of hydrogen-bond acceptors (Lipinski definition) is 5. The molecule has 2 aromatic rings. The maximum atomic E-state index is 6.17. The molecule has 0 saturated heterocycles. The number of rotatable bonds is 2. The van der Waals surface area contributed by atoms with Gasteiger partial charge in [0.2, 0.25) is 5.95 Å². The molecule has 0 atom stereocenters. The van der Waals surface area contributed by atoms with Crippen molar-refractivity contribution in [2.45, 2.75) is 44.4 Å². The van der Waals surface area contributed by atoms with Gasteiger partial charge < -0.3 is 5.73 Å². The molecule has 2 N–H and O–H groups in total. The molecule has 0 amide bonds. The molecule has 0 aromatic carbocycles. The largest absolute Gasteiger partial charge is 0.368 e. The highest BCUT2D eigenvalue weighted by molar-refractivity contribution is 6.32. The molecule has 110 valence electrons. The Hall–Kier alpha value is -1.75. The molecule has 21 heavy (non-hydrogen) atoms. The van der Waals surface area contributed by atoms with E-state index in [0.29, 0.717) is 22.5 Å². The first-order valence-corrected chi connectivity index (χ1v) is 7.74. The maximum absolute atomic E-state index is 6.17. The summed E-state index contributed by atoms with van der Waals surface area (Å²) in [4.78, 5) is 17.4. The number of aromatic nitrogens is 4. The standard InChI is InChI=1S/C15H18ClN5/c16-11-8-5-9-18-12(11)14-19-13(20-15(17)21-14)10-6-3-1-2-4-7-10/h5,8-10H,1-4,6-7H2,(H2,17,19,20,21). The Kier molecular flexibility index (Phi) is 4.29. The fraction of sp³-hybridized carbons (Fsp3) is 0.467. The third kappa shape index (κ3) is 3.29. The van der Waals surface area contributed by atoms with Crippen LogP contribution in [0.15, 0.2) is 18.3 Å². The number of nitrogens with zero attached hydrogens (tertiary/aromatic N) is 4. The van der Waals surface area contributed by atoms with Crippen molar-refractivity contribution in [3.63, 3.8) is 0 Å². The maximum Gasteiger partial charge on any atom is 0.223 e. The minimum absolute atomic E-state index is 0.237. The van der Waals surface area contributed by atoms with Crippen molar-refractivity contribution in [1.82, 2.24) is 19.9 Å². The van der Waals surface area contributed by atoms with Crippen LogP contribution in [0.3, 0.4) is 0 Å². The van der Waals surface area contributed by atoms with Crippen molar-refractivity contribution in [1.29, 1.82) is 0 Å². The summed E-state index contributed by atoms with van der Waals surface area (Å²) in [6, 6.07) is 3.55. The van der Waals surface area contributed by atoms with Crippen molar-refractivity contribution < 1.29 is 0 Å². The predicted molar refractivity (Wildman–Crippen MR) is 82.9 cm³/mol. The molecule has 0 aliphatic heterocycles. The van der Waals surface area contributed by atoms with Crippen LogP contribution in [-0.4, -0.2) is 19.9 Å². The molecule has 2 aromatic heterocycles. The van der Waals surface area contributed by atoms with E-state index < -0.39 is 0 Å². The summed E-state index contributed by atoms with van der Waals surface area (Å²) in [6.45, 7) is 0. The average molecular weight is 304 g/mol. The van der Waals surface area contributed by atoms with Gasteiger partial charge in [-0.05, 0) is 25.0 Å². The van der Waals surface area contributed by atoms with E-state index in [1.165, 1.54) is 25.7 Å². The number of nitrogen functional groups attached to an aromatic ring is 1. The van der Waals surface area contributed by atoms with Gasteiger partial charge in [-0.15, -0.1) is 0 Å². The highest BCUT2D eigenvalue weighted by atomic mass is 35.5. The van der Waals surface area contributed by atoms with Gasteiger partial charge in [0.25, 0.3) is 0 Å². The molecule has 0 bridgehead atoms. The van der Waals surface area contributed by atoms with E-state index in [4.69, 9.17) is 17.3 Å². The van der Waals surface area contributed by atoms with E-state index in [2.05, 4.69) is 19.9 Å². The van der Waals surface area contributed by atoms with Crippen molar-refractivity contribution in [2.75, 3.05) is 5.73 Å². The van der Waals surface area contributed by atoms with Gasteiger partial charge in [0.05, 0.1) is 5.02 Å². The first kappa shape index (κ1) is 14.2. The summed E-state index contributed by atoms with van der Waals surface area (Å²) in [7, 11) is 0. The molecule has 1 aliphatic carbocycles. The van der Waals surface area contributed by atoms with Gasteiger partial charge in [0, 0.05) is 12.1 Å². The second-order valence-corrected chi connectivity index (χ2v) is 5.80. The summed E-state index contributed by atoms with van der Waals surface area (Å²) in [5, 5.41) is 0.523. The van der Waals surface area contributed by atoms with Gasteiger partial charge in [-0.1, -0.05) is 37.3 Å². The molecule has 0 radical (unpaired) electrons. The fourth-order valence-electron chi connectivity index (χ4n) is 2.79. The third-order valence-corrected chi connectivity index (χ3v) is 4.17. The first-order valence-electron chi connectivity index (χ1n) is 7.36. The second kappa shape index (κ2) is 6.35. The summed E-state index contributed by atoms with van der Waals surface area (Å²) in [6.07, 6.45) is 8.90. The monoisotopic (exact) mass is 303 g/mol. The Morgan fingerprint density at radius 2 is 1.81 bits per heavy atom. The lowest BCUT2D eigenvalue weighted by Gasteiger charge is -2.13. The molecule has 6 heteroatoms. The zero-order chi connectivity index (χ0) is 14.7. The van der Waals surface area contributed by atoms with Gasteiger partial charge >= 0.3 is 0 Å². The number of halogens is 1. The molecule has 3 rings (SSSR count). The molecule has 1 fully saturated rings. The quantitative estimate of drug-likeness (QED) is 0.858. The van der Waals surface area contributed by atoms with E-state index in [-0.39, 0.29) is 5.95 Å². The molecule has 0 spiro atoms. The Morgan fingerprint density at radius 1 is 1.05 bits per heavy atom. The molecule has 5 nitrogen and oxygen atoms in total. The molecular weight excluding hydrogens is 286 g/mol. The third-order valence-electron chi connectivity index (χ3n) is 3.86. The van der Waals surface area contributed by atoms with Crippen LogP contribution >= 0.6 is 11.6 Å². The van der Waals surface area contributed by atoms with Gasteiger partial charge in [-0.2, -0.15) is 9.97 Å². The molecule has 1 saturated carbocycles. The lowest BCUT2D eigenvalue weighted by atomic mass is 9.99. The van der Waals surface area contributed by atoms with Crippen LogP contribution in [0.1, 0.15) is 50.3 Å². The number of nitrogens with two attached hydrogens (primary N) is 1. The van der Waals surface area contributed by atoms with Crippen molar-refractivity contribution >= 4 is 17.5 Å². The van der Waals surface area contributed by atoms with Gasteiger partial charge in [0.15, 0.2) is 5.82 Å². The second-order valence-electron chi connectivity index (χ2n) is 5.40. The van der Waals surface area contributed by atoms with E-state index in [1.54, 1.807) is 18.3 Å². The lowest BCUT2D eigenvalue weighted by Crippen LogP contribution is -2.10. The normalized spacial score (nSPS) is 16.6. The molecule has 1 aliphatic rings. The minimum atomic E-state index is 0.237. The summed E-state index contributed by atoms with van der Waals surface area (Å²) in [5.41, 5.74) is 6.42. The fourth-order valence-corrected chi connectivity index (χ4v) is 2.99. The van der Waals surface area contributed by atoms with Gasteiger partial charge in [-0.3, -0.25) is 4.98 Å². The van der Waals surface area contributed by atoms with Crippen LogP contribution in [0, 0.1) is 0 Å². The Labute approximate surface area is 129 Å². The van der Waals surface area contributed by atoms with Crippen LogP contribution in [0.2, 0.25) is 5.02 Å². The van der Waals surface area contributed by atoms with Gasteiger partial charge in [0.1, 0.15) is 11.5 Å². The Bertz CT molecular complexity index is 623. The van der Waals surface area contributed by atoms with Crippen LogP contribution in [-0.2, 0) is 0 Å². The smallest absolute Gasteiger partial charge is 0.223 e. The summed E-state index contributed by atoms with van der Waals surface area (Å²) >= 11 is 6.17. The highest BCUT2D eigenvalue weighted by Crippen LogP contribution is 2.31. The van der Waals surface area contributed by atoms with Gasteiger partial charge in [-0.25, -0.2) is 4.98 Å². The number of anilines is 1. The van der Waals surface area contributed by atoms with Crippen LogP contribution < -0.4 is 5.73 Å². The van der Waals surface area contributed by atoms with E-state index >= 15 is 0 Å². The Balaban J connectivity index is 1.98. The van der Waals surface area contributed by atoms with E-state index in [0.717, 1.165) is 18.7 Å². The van der Waals surface area contributed by atoms with Crippen LogP contribution in [0.4, 0.5) is 5.95 Å². The van der Waals surface area contributed by atoms with Crippen LogP contribution in [0.5, 0.6) is 0 Å².